The van der Waals surface area contributed by atoms with Crippen molar-refractivity contribution in [3.8, 4) is 0 Å². The van der Waals surface area contributed by atoms with E-state index in [1.54, 1.807) is 6.07 Å². The molecule has 0 atom stereocenters. The number of anilines is 1. The number of carbonyl (C=O) groups is 2. The predicted octanol–water partition coefficient (Wildman–Crippen LogP) is 2.42. The highest BCUT2D eigenvalue weighted by Crippen LogP contribution is 2.18. The van der Waals surface area contributed by atoms with Crippen LogP contribution in [0.25, 0.3) is 0 Å². The summed E-state index contributed by atoms with van der Waals surface area (Å²) in [7, 11) is 1.43. The zero-order chi connectivity index (χ0) is 15.3. The summed E-state index contributed by atoms with van der Waals surface area (Å²) < 4.78 is 13.7. The van der Waals surface area contributed by atoms with Crippen LogP contribution in [-0.4, -0.2) is 42.1 Å². The number of urea groups is 1. The number of carboxylic acids is 1. The van der Waals surface area contributed by atoms with Crippen LogP contribution < -0.4 is 4.90 Å². The molecule has 1 aromatic rings. The second-order valence-corrected chi connectivity index (χ2v) is 4.96. The van der Waals surface area contributed by atoms with E-state index >= 15 is 0 Å². The molecule has 1 N–H and O–H groups in total. The van der Waals surface area contributed by atoms with Crippen molar-refractivity contribution < 1.29 is 19.1 Å². The Kier molecular flexibility index (Phi) is 5.49. The zero-order valence-corrected chi connectivity index (χ0v) is 11.8. The highest BCUT2D eigenvalue weighted by molar-refractivity contribution is 5.93. The highest BCUT2D eigenvalue weighted by Gasteiger charge is 2.23. The van der Waals surface area contributed by atoms with Crippen molar-refractivity contribution in [1.82, 2.24) is 4.90 Å². The third-order valence-corrected chi connectivity index (χ3v) is 2.68. The maximum Gasteiger partial charge on any atom is 0.324 e. The van der Waals surface area contributed by atoms with E-state index in [1.807, 2.05) is 13.8 Å². The first kappa shape index (κ1) is 15.9. The van der Waals surface area contributed by atoms with E-state index in [0.29, 0.717) is 6.54 Å². The Hall–Kier alpha value is -2.11. The number of para-hydroxylation sites is 1. The average molecular weight is 282 g/mol. The molecular formula is C14H19FN2O3. The van der Waals surface area contributed by atoms with Crippen molar-refractivity contribution in [1.29, 1.82) is 0 Å². The first-order valence-corrected chi connectivity index (χ1v) is 6.32. The topological polar surface area (TPSA) is 60.9 Å². The molecule has 0 aliphatic heterocycles. The van der Waals surface area contributed by atoms with Crippen LogP contribution in [0.2, 0.25) is 0 Å². The molecule has 0 fully saturated rings. The van der Waals surface area contributed by atoms with Gasteiger partial charge in [-0.25, -0.2) is 9.18 Å². The van der Waals surface area contributed by atoms with Crippen LogP contribution in [0.4, 0.5) is 14.9 Å². The van der Waals surface area contributed by atoms with Gasteiger partial charge < -0.3 is 10.0 Å². The van der Waals surface area contributed by atoms with Gasteiger partial charge in [0.1, 0.15) is 12.4 Å². The Morgan fingerprint density at radius 1 is 1.30 bits per heavy atom. The van der Waals surface area contributed by atoms with Gasteiger partial charge in [0, 0.05) is 13.6 Å². The quantitative estimate of drug-likeness (QED) is 0.902. The van der Waals surface area contributed by atoms with Crippen molar-refractivity contribution in [3.63, 3.8) is 0 Å². The van der Waals surface area contributed by atoms with Gasteiger partial charge in [-0.15, -0.1) is 0 Å². The van der Waals surface area contributed by atoms with E-state index < -0.39 is 24.4 Å². The lowest BCUT2D eigenvalue weighted by molar-refractivity contribution is -0.137. The Balaban J connectivity index is 2.93. The van der Waals surface area contributed by atoms with Gasteiger partial charge in [-0.2, -0.15) is 0 Å². The number of benzene rings is 1. The van der Waals surface area contributed by atoms with E-state index in [4.69, 9.17) is 5.11 Å². The monoisotopic (exact) mass is 282 g/mol. The SMILES string of the molecule is CC(C)CN(CC(=O)O)C(=O)N(C)c1ccccc1F. The Bertz CT molecular complexity index is 491. The number of nitrogens with zero attached hydrogens (tertiary/aromatic N) is 2. The lowest BCUT2D eigenvalue weighted by Gasteiger charge is -2.28. The van der Waals surface area contributed by atoms with Crippen LogP contribution in [-0.2, 0) is 4.79 Å². The molecule has 0 spiro atoms. The second kappa shape index (κ2) is 6.88. The fraction of sp³-hybridized carbons (Fsp3) is 0.429. The fourth-order valence-electron chi connectivity index (χ4n) is 1.85. The van der Waals surface area contributed by atoms with E-state index in [9.17, 15) is 14.0 Å². The minimum Gasteiger partial charge on any atom is -0.480 e. The van der Waals surface area contributed by atoms with Gasteiger partial charge in [0.15, 0.2) is 0 Å². The Labute approximate surface area is 117 Å². The molecule has 5 nitrogen and oxygen atoms in total. The van der Waals surface area contributed by atoms with Crippen LogP contribution in [0.15, 0.2) is 24.3 Å². The molecule has 0 saturated heterocycles. The normalized spacial score (nSPS) is 10.4. The van der Waals surface area contributed by atoms with E-state index in [0.717, 1.165) is 4.90 Å². The summed E-state index contributed by atoms with van der Waals surface area (Å²) >= 11 is 0. The smallest absolute Gasteiger partial charge is 0.324 e. The first-order chi connectivity index (χ1) is 9.32. The maximum atomic E-state index is 13.7. The molecule has 1 aromatic carbocycles. The van der Waals surface area contributed by atoms with Crippen LogP contribution >= 0.6 is 0 Å². The third-order valence-electron chi connectivity index (χ3n) is 2.68. The molecule has 2 amide bonds. The zero-order valence-electron chi connectivity index (χ0n) is 11.8. The Morgan fingerprint density at radius 2 is 1.90 bits per heavy atom. The lowest BCUT2D eigenvalue weighted by atomic mass is 10.2. The van der Waals surface area contributed by atoms with Crippen molar-refractivity contribution in [2.45, 2.75) is 13.8 Å². The maximum absolute atomic E-state index is 13.7. The average Bonchev–Trinajstić information content (AvgIpc) is 2.35. The number of hydrogen-bond donors (Lipinski definition) is 1. The molecular weight excluding hydrogens is 263 g/mol. The molecule has 110 valence electrons. The molecule has 20 heavy (non-hydrogen) atoms. The van der Waals surface area contributed by atoms with E-state index in [-0.39, 0.29) is 11.6 Å². The van der Waals surface area contributed by atoms with Crippen LogP contribution in [0.1, 0.15) is 13.8 Å². The number of amides is 2. The van der Waals surface area contributed by atoms with Crippen LogP contribution in [0.3, 0.4) is 0 Å². The Morgan fingerprint density at radius 3 is 2.40 bits per heavy atom. The summed E-state index contributed by atoms with van der Waals surface area (Å²) in [6.45, 7) is 3.65. The standard InChI is InChI=1S/C14H19FN2O3/c1-10(2)8-17(9-13(18)19)14(20)16(3)12-7-5-4-6-11(12)15/h4-7,10H,8-9H2,1-3H3,(H,18,19). The van der Waals surface area contributed by atoms with Gasteiger partial charge in [0.05, 0.1) is 5.69 Å². The number of aliphatic carboxylic acids is 1. The molecule has 0 bridgehead atoms. The predicted molar refractivity (Wildman–Crippen MR) is 74.2 cm³/mol. The summed E-state index contributed by atoms with van der Waals surface area (Å²) in [4.78, 5) is 25.4. The number of carbonyl (C=O) groups excluding carboxylic acids is 1. The number of rotatable bonds is 5. The molecule has 1 rings (SSSR count). The summed E-state index contributed by atoms with van der Waals surface area (Å²) in [5, 5.41) is 8.87. The highest BCUT2D eigenvalue weighted by atomic mass is 19.1. The van der Waals surface area contributed by atoms with E-state index in [1.165, 1.54) is 30.1 Å². The molecule has 0 saturated carbocycles. The number of carboxylic acid groups (broad SMARTS) is 1. The lowest BCUT2D eigenvalue weighted by Crippen LogP contribution is -2.45. The summed E-state index contributed by atoms with van der Waals surface area (Å²) in [5.74, 6) is -1.50. The molecule has 0 aliphatic rings. The summed E-state index contributed by atoms with van der Waals surface area (Å²) in [5.41, 5.74) is 0.122. The van der Waals surface area contributed by atoms with Gasteiger partial charge >= 0.3 is 12.0 Å². The van der Waals surface area contributed by atoms with Gasteiger partial charge in [-0.05, 0) is 18.1 Å². The van der Waals surface area contributed by atoms with Crippen LogP contribution in [0.5, 0.6) is 0 Å². The van der Waals surface area contributed by atoms with Crippen LogP contribution in [0, 0.1) is 11.7 Å². The summed E-state index contributed by atoms with van der Waals surface area (Å²) in [6, 6.07) is 5.34. The van der Waals surface area contributed by atoms with Gasteiger partial charge in [-0.1, -0.05) is 26.0 Å². The molecule has 0 heterocycles. The minimum absolute atomic E-state index is 0.118. The second-order valence-electron chi connectivity index (χ2n) is 4.96. The van der Waals surface area contributed by atoms with Gasteiger partial charge in [-0.3, -0.25) is 9.69 Å². The molecule has 0 aliphatic carbocycles. The van der Waals surface area contributed by atoms with Crippen molar-refractivity contribution in [3.05, 3.63) is 30.1 Å². The van der Waals surface area contributed by atoms with E-state index in [2.05, 4.69) is 0 Å². The largest absolute Gasteiger partial charge is 0.480 e. The van der Waals surface area contributed by atoms with Gasteiger partial charge in [0.2, 0.25) is 0 Å². The van der Waals surface area contributed by atoms with Crippen molar-refractivity contribution >= 4 is 17.7 Å². The molecule has 0 aromatic heterocycles. The third kappa shape index (κ3) is 4.22. The summed E-state index contributed by atoms with van der Waals surface area (Å²) in [6.07, 6.45) is 0. The molecule has 0 radical (unpaired) electrons. The van der Waals surface area contributed by atoms with Crippen molar-refractivity contribution in [2.75, 3.05) is 25.0 Å². The molecule has 0 unspecified atom stereocenters. The van der Waals surface area contributed by atoms with Gasteiger partial charge in [0.25, 0.3) is 0 Å². The fourth-order valence-corrected chi connectivity index (χ4v) is 1.85. The number of hydrogen-bond acceptors (Lipinski definition) is 2. The minimum atomic E-state index is -1.10. The van der Waals surface area contributed by atoms with Crippen molar-refractivity contribution in [2.24, 2.45) is 5.92 Å². The first-order valence-electron chi connectivity index (χ1n) is 6.32. The number of halogens is 1. The molecule has 6 heteroatoms.